The molecule has 0 spiro atoms. The third-order valence-corrected chi connectivity index (χ3v) is 1.35. The molecule has 0 aliphatic heterocycles. The fraction of sp³-hybridized carbons (Fsp3) is 0.429. The Morgan fingerprint density at radius 1 is 1.50 bits per heavy atom. The summed E-state index contributed by atoms with van der Waals surface area (Å²) in [6, 6.07) is 0. The molecular formula is C7H10N2O. The first kappa shape index (κ1) is 7.15. The summed E-state index contributed by atoms with van der Waals surface area (Å²) in [7, 11) is 0. The second-order valence-corrected chi connectivity index (χ2v) is 2.10. The Labute approximate surface area is 59.8 Å². The molecule has 1 atom stereocenters. The van der Waals surface area contributed by atoms with Crippen molar-refractivity contribution >= 4 is 0 Å². The van der Waals surface area contributed by atoms with Crippen molar-refractivity contribution in [3.63, 3.8) is 0 Å². The Kier molecular flexibility index (Phi) is 2.34. The predicted molar refractivity (Wildman–Crippen MR) is 37.3 cm³/mol. The van der Waals surface area contributed by atoms with Gasteiger partial charge in [0.1, 0.15) is 6.33 Å². The molecule has 3 nitrogen and oxygen atoms in total. The van der Waals surface area contributed by atoms with Crippen LogP contribution >= 0.6 is 0 Å². The number of rotatable bonds is 2. The quantitative estimate of drug-likeness (QED) is 0.661. The van der Waals surface area contributed by atoms with Gasteiger partial charge in [-0.3, -0.25) is 0 Å². The molecule has 3 heteroatoms. The van der Waals surface area contributed by atoms with Gasteiger partial charge in [-0.1, -0.05) is 6.92 Å². The summed E-state index contributed by atoms with van der Waals surface area (Å²) in [4.78, 5) is 7.57. The van der Waals surface area contributed by atoms with Gasteiger partial charge in [0, 0.05) is 18.0 Å². The van der Waals surface area contributed by atoms with Crippen LogP contribution in [-0.4, -0.2) is 15.1 Å². The van der Waals surface area contributed by atoms with Crippen molar-refractivity contribution in [2.75, 3.05) is 0 Å². The molecule has 0 bridgehead atoms. The zero-order valence-electron chi connectivity index (χ0n) is 5.86. The summed E-state index contributed by atoms with van der Waals surface area (Å²) in [5.74, 6) is 0. The lowest BCUT2D eigenvalue weighted by atomic mass is 10.1. The van der Waals surface area contributed by atoms with E-state index in [1.165, 1.54) is 6.33 Å². The van der Waals surface area contributed by atoms with Crippen molar-refractivity contribution in [2.24, 2.45) is 0 Å². The van der Waals surface area contributed by atoms with Crippen LogP contribution in [-0.2, 0) is 0 Å². The van der Waals surface area contributed by atoms with Gasteiger partial charge in [-0.05, 0) is 6.42 Å². The molecule has 1 heterocycles. The fourth-order valence-corrected chi connectivity index (χ4v) is 0.718. The Morgan fingerprint density at radius 3 is 2.60 bits per heavy atom. The summed E-state index contributed by atoms with van der Waals surface area (Å²) >= 11 is 0. The van der Waals surface area contributed by atoms with E-state index in [2.05, 4.69) is 9.97 Å². The molecule has 10 heavy (non-hydrogen) atoms. The van der Waals surface area contributed by atoms with Crippen LogP contribution in [0.25, 0.3) is 0 Å². The number of hydrogen-bond donors (Lipinski definition) is 1. The van der Waals surface area contributed by atoms with E-state index in [-0.39, 0.29) is 0 Å². The first-order valence-electron chi connectivity index (χ1n) is 3.27. The molecule has 0 fully saturated rings. The van der Waals surface area contributed by atoms with E-state index in [1.807, 2.05) is 6.92 Å². The highest BCUT2D eigenvalue weighted by Crippen LogP contribution is 2.11. The van der Waals surface area contributed by atoms with Crippen LogP contribution < -0.4 is 0 Å². The van der Waals surface area contributed by atoms with E-state index in [4.69, 9.17) is 0 Å². The summed E-state index contributed by atoms with van der Waals surface area (Å²) in [6.07, 6.45) is 4.99. The molecule has 0 aliphatic carbocycles. The van der Waals surface area contributed by atoms with Crippen LogP contribution in [0.3, 0.4) is 0 Å². The van der Waals surface area contributed by atoms with E-state index < -0.39 is 6.10 Å². The maximum absolute atomic E-state index is 9.25. The zero-order chi connectivity index (χ0) is 7.40. The van der Waals surface area contributed by atoms with Gasteiger partial charge in [0.2, 0.25) is 0 Å². The molecule has 1 aromatic heterocycles. The minimum absolute atomic E-state index is 0.416. The fourth-order valence-electron chi connectivity index (χ4n) is 0.718. The van der Waals surface area contributed by atoms with Gasteiger partial charge in [0.25, 0.3) is 0 Å². The lowest BCUT2D eigenvalue weighted by Crippen LogP contribution is -1.95. The van der Waals surface area contributed by atoms with Crippen molar-refractivity contribution < 1.29 is 5.11 Å². The van der Waals surface area contributed by atoms with Crippen LogP contribution in [0.5, 0.6) is 0 Å². The molecule has 1 rings (SSSR count). The van der Waals surface area contributed by atoms with Gasteiger partial charge in [-0.15, -0.1) is 0 Å². The molecule has 1 aromatic rings. The largest absolute Gasteiger partial charge is 0.388 e. The Hall–Kier alpha value is -0.960. The van der Waals surface area contributed by atoms with E-state index in [1.54, 1.807) is 12.4 Å². The number of aliphatic hydroxyl groups is 1. The smallest absolute Gasteiger partial charge is 0.115 e. The number of nitrogens with zero attached hydrogens (tertiary/aromatic N) is 2. The first-order valence-corrected chi connectivity index (χ1v) is 3.27. The maximum atomic E-state index is 9.25. The normalized spacial score (nSPS) is 13.0. The molecule has 0 saturated heterocycles. The predicted octanol–water partition coefficient (Wildman–Crippen LogP) is 0.920. The van der Waals surface area contributed by atoms with Gasteiger partial charge in [-0.25, -0.2) is 9.97 Å². The second-order valence-electron chi connectivity index (χ2n) is 2.10. The SMILES string of the molecule is CC[C@H](O)c1cncnc1. The van der Waals surface area contributed by atoms with Crippen molar-refractivity contribution in [3.8, 4) is 0 Å². The third-order valence-electron chi connectivity index (χ3n) is 1.35. The molecule has 0 saturated carbocycles. The van der Waals surface area contributed by atoms with Crippen LogP contribution in [0.1, 0.15) is 25.0 Å². The highest BCUT2D eigenvalue weighted by Gasteiger charge is 2.02. The minimum atomic E-state index is -0.416. The van der Waals surface area contributed by atoms with Crippen molar-refractivity contribution in [1.82, 2.24) is 9.97 Å². The lowest BCUT2D eigenvalue weighted by Gasteiger charge is -2.04. The second kappa shape index (κ2) is 3.27. The number of hydrogen-bond acceptors (Lipinski definition) is 3. The molecule has 0 amide bonds. The molecule has 0 unspecified atom stereocenters. The monoisotopic (exact) mass is 138 g/mol. The van der Waals surface area contributed by atoms with Crippen LogP contribution in [0.4, 0.5) is 0 Å². The van der Waals surface area contributed by atoms with Crippen LogP contribution in [0.2, 0.25) is 0 Å². The Bertz CT molecular complexity index is 188. The van der Waals surface area contributed by atoms with E-state index in [0.29, 0.717) is 6.42 Å². The van der Waals surface area contributed by atoms with Gasteiger partial charge >= 0.3 is 0 Å². The average Bonchev–Trinajstić information content (AvgIpc) is 2.05. The Morgan fingerprint density at radius 2 is 2.10 bits per heavy atom. The zero-order valence-corrected chi connectivity index (χ0v) is 5.86. The highest BCUT2D eigenvalue weighted by atomic mass is 16.3. The van der Waals surface area contributed by atoms with Crippen molar-refractivity contribution in [2.45, 2.75) is 19.4 Å². The van der Waals surface area contributed by atoms with Gasteiger partial charge in [0.15, 0.2) is 0 Å². The standard InChI is InChI=1S/C7H10N2O/c1-2-7(10)6-3-8-5-9-4-6/h3-5,7,10H,2H2,1H3/t7-/m0/s1. The molecule has 54 valence electrons. The minimum Gasteiger partial charge on any atom is -0.388 e. The van der Waals surface area contributed by atoms with Crippen LogP contribution in [0.15, 0.2) is 18.7 Å². The summed E-state index contributed by atoms with van der Waals surface area (Å²) in [5.41, 5.74) is 0.782. The summed E-state index contributed by atoms with van der Waals surface area (Å²) in [6.45, 7) is 1.91. The molecule has 0 aliphatic rings. The molecular weight excluding hydrogens is 128 g/mol. The molecule has 0 radical (unpaired) electrons. The van der Waals surface area contributed by atoms with E-state index in [9.17, 15) is 5.11 Å². The number of aliphatic hydroxyl groups excluding tert-OH is 1. The molecule has 0 aromatic carbocycles. The van der Waals surface area contributed by atoms with Gasteiger partial charge in [-0.2, -0.15) is 0 Å². The topological polar surface area (TPSA) is 46.0 Å². The van der Waals surface area contributed by atoms with E-state index >= 15 is 0 Å². The first-order chi connectivity index (χ1) is 4.84. The van der Waals surface area contributed by atoms with Crippen molar-refractivity contribution in [3.05, 3.63) is 24.3 Å². The summed E-state index contributed by atoms with van der Waals surface area (Å²) < 4.78 is 0. The van der Waals surface area contributed by atoms with Crippen molar-refractivity contribution in [1.29, 1.82) is 0 Å². The van der Waals surface area contributed by atoms with Gasteiger partial charge in [0.05, 0.1) is 6.10 Å². The highest BCUT2D eigenvalue weighted by molar-refractivity contribution is 5.05. The third kappa shape index (κ3) is 1.51. The maximum Gasteiger partial charge on any atom is 0.115 e. The van der Waals surface area contributed by atoms with Gasteiger partial charge < -0.3 is 5.11 Å². The summed E-state index contributed by atoms with van der Waals surface area (Å²) in [5, 5.41) is 9.25. The Balaban J connectivity index is 2.75. The number of aromatic nitrogens is 2. The van der Waals surface area contributed by atoms with Crippen LogP contribution in [0, 0.1) is 0 Å². The molecule has 1 N–H and O–H groups in total. The average molecular weight is 138 g/mol. The lowest BCUT2D eigenvalue weighted by molar-refractivity contribution is 0.173. The van der Waals surface area contributed by atoms with E-state index in [0.717, 1.165) is 5.56 Å².